The SMILES string of the molecule is CCn1nc(C)c(Br)c1COc1cccc(O)c1C. The number of hydrogen-bond acceptors (Lipinski definition) is 3. The first-order chi connectivity index (χ1) is 9.04. The van der Waals surface area contributed by atoms with E-state index in [2.05, 4.69) is 21.0 Å². The molecule has 1 heterocycles. The Hall–Kier alpha value is -1.49. The number of aromatic nitrogens is 2. The summed E-state index contributed by atoms with van der Waals surface area (Å²) in [7, 11) is 0. The monoisotopic (exact) mass is 324 g/mol. The molecule has 0 fully saturated rings. The van der Waals surface area contributed by atoms with Gasteiger partial charge in [0.1, 0.15) is 18.1 Å². The van der Waals surface area contributed by atoms with Crippen molar-refractivity contribution < 1.29 is 9.84 Å². The molecular weight excluding hydrogens is 308 g/mol. The van der Waals surface area contributed by atoms with Gasteiger partial charge in [0.15, 0.2) is 0 Å². The van der Waals surface area contributed by atoms with Crippen molar-refractivity contribution in [3.63, 3.8) is 0 Å². The van der Waals surface area contributed by atoms with Crippen LogP contribution in [0.3, 0.4) is 0 Å². The second-order valence-electron chi connectivity index (χ2n) is 4.35. The van der Waals surface area contributed by atoms with Crippen molar-refractivity contribution in [3.05, 3.63) is 39.6 Å². The lowest BCUT2D eigenvalue weighted by Gasteiger charge is -2.11. The first-order valence-corrected chi connectivity index (χ1v) is 6.97. The molecule has 4 nitrogen and oxygen atoms in total. The molecule has 19 heavy (non-hydrogen) atoms. The average molecular weight is 325 g/mol. The third kappa shape index (κ3) is 2.76. The van der Waals surface area contributed by atoms with E-state index in [0.29, 0.717) is 12.4 Å². The van der Waals surface area contributed by atoms with Crippen LogP contribution in [0.5, 0.6) is 11.5 Å². The molecule has 0 unspecified atom stereocenters. The number of hydrogen-bond donors (Lipinski definition) is 1. The van der Waals surface area contributed by atoms with Gasteiger partial charge in [-0.2, -0.15) is 5.10 Å². The molecule has 0 amide bonds. The zero-order chi connectivity index (χ0) is 14.0. The smallest absolute Gasteiger partial charge is 0.131 e. The van der Waals surface area contributed by atoms with Crippen LogP contribution in [-0.4, -0.2) is 14.9 Å². The summed E-state index contributed by atoms with van der Waals surface area (Å²) < 4.78 is 8.68. The molecule has 0 atom stereocenters. The molecule has 0 spiro atoms. The lowest BCUT2D eigenvalue weighted by Crippen LogP contribution is -2.07. The molecular formula is C14H17BrN2O2. The number of rotatable bonds is 4. The van der Waals surface area contributed by atoms with Gasteiger partial charge in [-0.3, -0.25) is 4.68 Å². The Labute approximate surface area is 121 Å². The van der Waals surface area contributed by atoms with Crippen molar-refractivity contribution in [3.8, 4) is 11.5 Å². The molecule has 0 bridgehead atoms. The topological polar surface area (TPSA) is 47.3 Å². The maximum absolute atomic E-state index is 9.65. The van der Waals surface area contributed by atoms with Crippen LogP contribution in [0.4, 0.5) is 0 Å². The van der Waals surface area contributed by atoms with Crippen LogP contribution < -0.4 is 4.74 Å². The van der Waals surface area contributed by atoms with Crippen LogP contribution in [-0.2, 0) is 13.2 Å². The minimum atomic E-state index is 0.247. The number of nitrogens with zero attached hydrogens (tertiary/aromatic N) is 2. The summed E-state index contributed by atoms with van der Waals surface area (Å²) in [4.78, 5) is 0. The van der Waals surface area contributed by atoms with E-state index in [9.17, 15) is 5.11 Å². The lowest BCUT2D eigenvalue weighted by molar-refractivity contribution is 0.288. The molecule has 0 radical (unpaired) electrons. The van der Waals surface area contributed by atoms with Crippen LogP contribution >= 0.6 is 15.9 Å². The highest BCUT2D eigenvalue weighted by molar-refractivity contribution is 9.10. The van der Waals surface area contributed by atoms with Gasteiger partial charge in [0, 0.05) is 12.1 Å². The zero-order valence-electron chi connectivity index (χ0n) is 11.3. The second kappa shape index (κ2) is 5.65. The highest BCUT2D eigenvalue weighted by atomic mass is 79.9. The average Bonchev–Trinajstić information content (AvgIpc) is 2.67. The molecule has 1 aromatic heterocycles. The van der Waals surface area contributed by atoms with E-state index in [0.717, 1.165) is 28.0 Å². The maximum atomic E-state index is 9.65. The van der Waals surface area contributed by atoms with Gasteiger partial charge in [0.2, 0.25) is 0 Å². The molecule has 0 aliphatic heterocycles. The zero-order valence-corrected chi connectivity index (χ0v) is 12.9. The summed E-state index contributed by atoms with van der Waals surface area (Å²) in [5, 5.41) is 14.1. The lowest BCUT2D eigenvalue weighted by atomic mass is 10.2. The standard InChI is InChI=1S/C14H17BrN2O2/c1-4-17-11(14(15)10(3)16-17)8-19-13-7-5-6-12(18)9(13)2/h5-7,18H,4,8H2,1-3H3. The van der Waals surface area contributed by atoms with Crippen molar-refractivity contribution in [1.29, 1.82) is 0 Å². The molecule has 102 valence electrons. The Morgan fingerprint density at radius 2 is 2.11 bits per heavy atom. The Kier molecular flexibility index (Phi) is 4.14. The molecule has 0 aliphatic rings. The van der Waals surface area contributed by atoms with E-state index >= 15 is 0 Å². The van der Waals surface area contributed by atoms with Crippen molar-refractivity contribution in [2.24, 2.45) is 0 Å². The molecule has 0 saturated carbocycles. The second-order valence-corrected chi connectivity index (χ2v) is 5.14. The van der Waals surface area contributed by atoms with Crippen LogP contribution in [0.2, 0.25) is 0 Å². The summed E-state index contributed by atoms with van der Waals surface area (Å²) in [6, 6.07) is 5.27. The van der Waals surface area contributed by atoms with Crippen LogP contribution in [0.25, 0.3) is 0 Å². The number of aromatic hydroxyl groups is 1. The quantitative estimate of drug-likeness (QED) is 0.935. The molecule has 0 saturated heterocycles. The third-order valence-corrected chi connectivity index (χ3v) is 4.10. The Balaban J connectivity index is 2.21. The normalized spacial score (nSPS) is 10.7. The van der Waals surface area contributed by atoms with Gasteiger partial charge in [0.05, 0.1) is 15.9 Å². The van der Waals surface area contributed by atoms with Crippen LogP contribution in [0.15, 0.2) is 22.7 Å². The fourth-order valence-electron chi connectivity index (χ4n) is 1.91. The molecule has 1 aromatic carbocycles. The largest absolute Gasteiger partial charge is 0.508 e. The highest BCUT2D eigenvalue weighted by Gasteiger charge is 2.13. The van der Waals surface area contributed by atoms with Crippen molar-refractivity contribution in [1.82, 2.24) is 9.78 Å². The third-order valence-electron chi connectivity index (χ3n) is 3.07. The molecule has 2 aromatic rings. The van der Waals surface area contributed by atoms with Gasteiger partial charge in [-0.25, -0.2) is 0 Å². The molecule has 1 N–H and O–H groups in total. The molecule has 5 heteroatoms. The van der Waals surface area contributed by atoms with Gasteiger partial charge in [-0.1, -0.05) is 6.07 Å². The fraction of sp³-hybridized carbons (Fsp3) is 0.357. The number of phenols is 1. The van der Waals surface area contributed by atoms with Crippen LogP contribution in [0.1, 0.15) is 23.9 Å². The van der Waals surface area contributed by atoms with E-state index in [1.165, 1.54) is 0 Å². The summed E-state index contributed by atoms with van der Waals surface area (Å²) >= 11 is 3.54. The fourth-order valence-corrected chi connectivity index (χ4v) is 2.31. The maximum Gasteiger partial charge on any atom is 0.131 e. The predicted molar refractivity (Wildman–Crippen MR) is 77.5 cm³/mol. The van der Waals surface area contributed by atoms with E-state index in [4.69, 9.17) is 4.74 Å². The number of phenolic OH excluding ortho intramolecular Hbond substituents is 1. The van der Waals surface area contributed by atoms with Crippen molar-refractivity contribution in [2.45, 2.75) is 33.9 Å². The first kappa shape index (κ1) is 13.9. The Morgan fingerprint density at radius 3 is 2.79 bits per heavy atom. The minimum Gasteiger partial charge on any atom is -0.508 e. The minimum absolute atomic E-state index is 0.247. The van der Waals surface area contributed by atoms with Gasteiger partial charge >= 0.3 is 0 Å². The van der Waals surface area contributed by atoms with Gasteiger partial charge in [-0.05, 0) is 48.8 Å². The molecule has 0 aliphatic carbocycles. The highest BCUT2D eigenvalue weighted by Crippen LogP contribution is 2.28. The van der Waals surface area contributed by atoms with E-state index < -0.39 is 0 Å². The number of aryl methyl sites for hydroxylation is 2. The summed E-state index contributed by atoms with van der Waals surface area (Å²) in [5.41, 5.74) is 2.70. The van der Waals surface area contributed by atoms with Crippen LogP contribution in [0, 0.1) is 13.8 Å². The Bertz CT molecular complexity index is 593. The van der Waals surface area contributed by atoms with E-state index in [-0.39, 0.29) is 5.75 Å². The molecule has 2 rings (SSSR count). The van der Waals surface area contributed by atoms with Gasteiger partial charge in [0.25, 0.3) is 0 Å². The van der Waals surface area contributed by atoms with Gasteiger partial charge < -0.3 is 9.84 Å². The summed E-state index contributed by atoms with van der Waals surface area (Å²) in [5.74, 6) is 0.935. The number of ether oxygens (including phenoxy) is 1. The summed E-state index contributed by atoms with van der Waals surface area (Å²) in [6.07, 6.45) is 0. The van der Waals surface area contributed by atoms with E-state index in [1.54, 1.807) is 12.1 Å². The summed E-state index contributed by atoms with van der Waals surface area (Å²) in [6.45, 7) is 7.05. The number of benzene rings is 1. The van der Waals surface area contributed by atoms with Crippen molar-refractivity contribution in [2.75, 3.05) is 0 Å². The van der Waals surface area contributed by atoms with E-state index in [1.807, 2.05) is 31.5 Å². The predicted octanol–water partition coefficient (Wildman–Crippen LogP) is 3.57. The van der Waals surface area contributed by atoms with Gasteiger partial charge in [-0.15, -0.1) is 0 Å². The Morgan fingerprint density at radius 1 is 1.37 bits per heavy atom. The first-order valence-electron chi connectivity index (χ1n) is 6.17. The number of halogens is 1. The van der Waals surface area contributed by atoms with Crippen molar-refractivity contribution >= 4 is 15.9 Å².